The van der Waals surface area contributed by atoms with Crippen LogP contribution in [0.15, 0.2) is 13.2 Å². The van der Waals surface area contributed by atoms with Gasteiger partial charge in [0.1, 0.15) is 0 Å². The van der Waals surface area contributed by atoms with Crippen LogP contribution >= 0.6 is 0 Å². The van der Waals surface area contributed by atoms with Crippen molar-refractivity contribution in [3.63, 3.8) is 0 Å². The molecule has 0 saturated carbocycles. The molecule has 0 unspecified atom stereocenters. The molecule has 2 nitrogen and oxygen atoms in total. The first-order valence-corrected chi connectivity index (χ1v) is 1.38. The lowest BCUT2D eigenvalue weighted by Gasteiger charge is -1.67. The lowest BCUT2D eigenvalue weighted by atomic mass is 11.3. The van der Waals surface area contributed by atoms with Gasteiger partial charge in [-0.3, -0.25) is 4.79 Å². The van der Waals surface area contributed by atoms with Crippen molar-refractivity contribution in [1.82, 2.24) is 0 Å². The van der Waals surface area contributed by atoms with Crippen molar-refractivity contribution in [2.24, 2.45) is 0 Å². The van der Waals surface area contributed by atoms with Crippen LogP contribution in [0.5, 0.6) is 0 Å². The molecular weight excluding hydrogens is 80.0 g/mol. The first-order valence-electron chi connectivity index (χ1n) is 1.38. The molecule has 0 aromatic heterocycles. The van der Waals surface area contributed by atoms with Gasteiger partial charge < -0.3 is 4.74 Å². The predicted octanol–water partition coefficient (Wildman–Crippen LogP) is 0.591. The third-order valence-corrected chi connectivity index (χ3v) is 0.0962. The van der Waals surface area contributed by atoms with E-state index in [4.69, 9.17) is 4.79 Å². The van der Waals surface area contributed by atoms with Crippen LogP contribution < -0.4 is 0 Å². The Labute approximate surface area is 37.4 Å². The molecule has 0 bridgehead atoms. The van der Waals surface area contributed by atoms with Crippen molar-refractivity contribution in [3.05, 3.63) is 13.2 Å². The molecule has 6 heavy (non-hydrogen) atoms. The summed E-state index contributed by atoms with van der Waals surface area (Å²) in [5, 5.41) is 0. The summed E-state index contributed by atoms with van der Waals surface area (Å²) >= 11 is 0. The smallest absolute Gasteiger partial charge is 0.292 e. The van der Waals surface area contributed by atoms with E-state index in [-0.39, 0.29) is 0 Å². The standard InChI is InChI=1S/C2H4O2.C2H4/c1-4-2-3;1-2/h2H,1H3;1-2H2. The second-order valence-electron chi connectivity index (χ2n) is 0.332. The molecule has 0 amide bonds. The summed E-state index contributed by atoms with van der Waals surface area (Å²) < 4.78 is 3.86. The minimum absolute atomic E-state index is 0.375. The Hall–Kier alpha value is -0.790. The molecule has 0 radical (unpaired) electrons. The molecule has 2 heteroatoms. The van der Waals surface area contributed by atoms with Gasteiger partial charge in [0.2, 0.25) is 0 Å². The largest absolute Gasteiger partial charge is 0.471 e. The Bertz CT molecular complexity index is 26.7. The summed E-state index contributed by atoms with van der Waals surface area (Å²) in [5.74, 6) is 0. The van der Waals surface area contributed by atoms with Gasteiger partial charge >= 0.3 is 0 Å². The maximum atomic E-state index is 8.95. The summed E-state index contributed by atoms with van der Waals surface area (Å²) in [4.78, 5) is 8.95. The second kappa shape index (κ2) is 29.6. The van der Waals surface area contributed by atoms with Crippen LogP contribution in [0.25, 0.3) is 0 Å². The highest BCUT2D eigenvalue weighted by Crippen LogP contribution is 1.35. The van der Waals surface area contributed by atoms with Crippen LogP contribution in [0.3, 0.4) is 0 Å². The van der Waals surface area contributed by atoms with Gasteiger partial charge in [-0.25, -0.2) is 0 Å². The SMILES string of the molecule is C=C.COC=O. The van der Waals surface area contributed by atoms with Gasteiger partial charge in [-0.1, -0.05) is 0 Å². The van der Waals surface area contributed by atoms with E-state index in [0.29, 0.717) is 6.47 Å². The molecule has 0 aliphatic heterocycles. The third-order valence-electron chi connectivity index (χ3n) is 0.0962. The average Bonchev–Trinajstić information content (AvgIpc) is 1.72. The number of methoxy groups -OCH3 is 1. The Kier molecular flexibility index (Phi) is 44.3. The molecule has 0 aromatic rings. The summed E-state index contributed by atoms with van der Waals surface area (Å²) in [5.41, 5.74) is 0. The van der Waals surface area contributed by atoms with Crippen molar-refractivity contribution >= 4 is 6.47 Å². The third kappa shape index (κ3) is 356. The van der Waals surface area contributed by atoms with Gasteiger partial charge in [0.05, 0.1) is 7.11 Å². The fraction of sp³-hybridized carbons (Fsp3) is 0.250. The van der Waals surface area contributed by atoms with E-state index in [1.807, 2.05) is 0 Å². The Morgan fingerprint density at radius 2 is 1.83 bits per heavy atom. The van der Waals surface area contributed by atoms with E-state index < -0.39 is 0 Å². The fourth-order valence-corrected chi connectivity index (χ4v) is 0. The molecule has 0 saturated heterocycles. The van der Waals surface area contributed by atoms with Gasteiger partial charge in [-0.05, 0) is 0 Å². The molecule has 0 aliphatic rings. The highest BCUT2D eigenvalue weighted by molar-refractivity contribution is 5.36. The van der Waals surface area contributed by atoms with E-state index in [1.54, 1.807) is 0 Å². The van der Waals surface area contributed by atoms with Crippen molar-refractivity contribution in [2.75, 3.05) is 7.11 Å². The maximum Gasteiger partial charge on any atom is 0.292 e. The highest BCUT2D eigenvalue weighted by Gasteiger charge is 1.44. The zero-order valence-electron chi connectivity index (χ0n) is 3.81. The van der Waals surface area contributed by atoms with E-state index in [1.165, 1.54) is 7.11 Å². The molecule has 0 atom stereocenters. The minimum Gasteiger partial charge on any atom is -0.471 e. The lowest BCUT2D eigenvalue weighted by molar-refractivity contribution is -0.126. The Morgan fingerprint density at radius 3 is 1.83 bits per heavy atom. The fourth-order valence-electron chi connectivity index (χ4n) is 0. The quantitative estimate of drug-likeness (QED) is 0.346. The number of ether oxygens (including phenoxy) is 1. The highest BCUT2D eigenvalue weighted by atomic mass is 16.5. The second-order valence-corrected chi connectivity index (χ2v) is 0.332. The Morgan fingerprint density at radius 1 is 1.67 bits per heavy atom. The zero-order chi connectivity index (χ0) is 5.41. The summed E-state index contributed by atoms with van der Waals surface area (Å²) in [7, 11) is 1.31. The molecule has 36 valence electrons. The number of carbonyl (C=O) groups is 1. The number of hydrogen-bond donors (Lipinski definition) is 0. The normalized spacial score (nSPS) is 4.17. The molecular formula is C4H8O2. The first kappa shape index (κ1) is 8.96. The predicted molar refractivity (Wildman–Crippen MR) is 24.3 cm³/mol. The zero-order valence-corrected chi connectivity index (χ0v) is 3.81. The molecule has 0 aliphatic carbocycles. The van der Waals surface area contributed by atoms with Crippen molar-refractivity contribution in [1.29, 1.82) is 0 Å². The van der Waals surface area contributed by atoms with Crippen molar-refractivity contribution in [2.45, 2.75) is 0 Å². The number of rotatable bonds is 1. The van der Waals surface area contributed by atoms with Gasteiger partial charge in [0.25, 0.3) is 6.47 Å². The van der Waals surface area contributed by atoms with Gasteiger partial charge in [-0.15, -0.1) is 13.2 Å². The van der Waals surface area contributed by atoms with Gasteiger partial charge in [-0.2, -0.15) is 0 Å². The van der Waals surface area contributed by atoms with Crippen LogP contribution in [0, 0.1) is 0 Å². The topological polar surface area (TPSA) is 26.3 Å². The number of hydrogen-bond acceptors (Lipinski definition) is 2. The van der Waals surface area contributed by atoms with Crippen molar-refractivity contribution < 1.29 is 9.53 Å². The van der Waals surface area contributed by atoms with Crippen molar-refractivity contribution in [3.8, 4) is 0 Å². The molecule has 0 heterocycles. The molecule has 0 fully saturated rings. The summed E-state index contributed by atoms with van der Waals surface area (Å²) in [6, 6.07) is 0. The van der Waals surface area contributed by atoms with Crippen LogP contribution in [0.2, 0.25) is 0 Å². The summed E-state index contributed by atoms with van der Waals surface area (Å²) in [6.07, 6.45) is 0. The average molecular weight is 88.1 g/mol. The van der Waals surface area contributed by atoms with Crippen LogP contribution in [0.4, 0.5) is 0 Å². The van der Waals surface area contributed by atoms with E-state index in [9.17, 15) is 0 Å². The monoisotopic (exact) mass is 88.1 g/mol. The molecule has 0 N–H and O–H groups in total. The van der Waals surface area contributed by atoms with Crippen LogP contribution in [-0.4, -0.2) is 13.6 Å². The maximum absolute atomic E-state index is 8.95. The Balaban J connectivity index is 0. The van der Waals surface area contributed by atoms with Gasteiger partial charge in [0, 0.05) is 0 Å². The molecule has 0 spiro atoms. The van der Waals surface area contributed by atoms with Crippen LogP contribution in [-0.2, 0) is 9.53 Å². The first-order chi connectivity index (χ1) is 2.91. The molecule has 0 rings (SSSR count). The summed E-state index contributed by atoms with van der Waals surface area (Å²) in [6.45, 7) is 6.38. The van der Waals surface area contributed by atoms with E-state index in [0.717, 1.165) is 0 Å². The lowest BCUT2D eigenvalue weighted by Crippen LogP contribution is -1.68. The minimum atomic E-state index is 0.375. The van der Waals surface area contributed by atoms with E-state index in [2.05, 4.69) is 17.9 Å². The van der Waals surface area contributed by atoms with Gasteiger partial charge in [0.15, 0.2) is 0 Å². The molecule has 0 aromatic carbocycles. The van der Waals surface area contributed by atoms with E-state index >= 15 is 0 Å². The van der Waals surface area contributed by atoms with Crippen LogP contribution in [0.1, 0.15) is 0 Å². The number of carbonyl (C=O) groups excluding carboxylic acids is 1.